The summed E-state index contributed by atoms with van der Waals surface area (Å²) in [6, 6.07) is 0.702. The van der Waals surface area contributed by atoms with E-state index in [1.165, 1.54) is 37.7 Å². The minimum absolute atomic E-state index is 0.127. The van der Waals surface area contributed by atoms with Gasteiger partial charge in [0.25, 0.3) is 0 Å². The lowest BCUT2D eigenvalue weighted by Gasteiger charge is -2.40. The van der Waals surface area contributed by atoms with Crippen LogP contribution in [0, 0.1) is 5.92 Å². The van der Waals surface area contributed by atoms with E-state index in [9.17, 15) is 13.5 Å². The molecule has 24 heavy (non-hydrogen) atoms. The van der Waals surface area contributed by atoms with Gasteiger partial charge in [0.15, 0.2) is 0 Å². The van der Waals surface area contributed by atoms with Crippen molar-refractivity contribution >= 4 is 21.6 Å². The second kappa shape index (κ2) is 8.28. The lowest BCUT2D eigenvalue weighted by atomic mass is 9.79. The van der Waals surface area contributed by atoms with E-state index in [1.807, 2.05) is 11.8 Å². The van der Waals surface area contributed by atoms with Crippen LogP contribution in [0.15, 0.2) is 0 Å². The Hall–Kier alpha value is 0.220. The SMILES string of the molecule is CS(=O)(=O)C1CCC(C2CCCC([C@@H](O)CC3CCCS3)N2)CC1. The zero-order valence-corrected chi connectivity index (χ0v) is 16.5. The van der Waals surface area contributed by atoms with Gasteiger partial charge >= 0.3 is 0 Å². The van der Waals surface area contributed by atoms with Gasteiger partial charge in [-0.15, -0.1) is 0 Å². The Balaban J connectivity index is 1.48. The van der Waals surface area contributed by atoms with E-state index in [4.69, 9.17) is 0 Å². The fraction of sp³-hybridized carbons (Fsp3) is 1.00. The zero-order chi connectivity index (χ0) is 17.2. The molecule has 0 spiro atoms. The molecule has 2 aliphatic heterocycles. The van der Waals surface area contributed by atoms with Gasteiger partial charge in [-0.3, -0.25) is 0 Å². The number of aliphatic hydroxyl groups excluding tert-OH is 1. The van der Waals surface area contributed by atoms with Crippen LogP contribution in [0.1, 0.15) is 64.2 Å². The standard InChI is InChI=1S/C18H33NO3S2/c1-24(21,22)15-9-7-13(8-10-15)16-5-2-6-17(19-16)18(20)12-14-4-3-11-23-14/h13-20H,2-12H2,1H3/t13?,14?,15?,16?,17?,18-/m0/s1. The summed E-state index contributed by atoms with van der Waals surface area (Å²) in [5.74, 6) is 1.83. The summed E-state index contributed by atoms with van der Waals surface area (Å²) in [4.78, 5) is 0. The maximum absolute atomic E-state index is 11.7. The van der Waals surface area contributed by atoms with E-state index >= 15 is 0 Å². The molecule has 3 unspecified atom stereocenters. The highest BCUT2D eigenvalue weighted by molar-refractivity contribution is 8.00. The fourth-order valence-electron chi connectivity index (χ4n) is 4.86. The summed E-state index contributed by atoms with van der Waals surface area (Å²) < 4.78 is 23.4. The highest BCUT2D eigenvalue weighted by Crippen LogP contribution is 2.35. The molecule has 3 rings (SSSR count). The minimum Gasteiger partial charge on any atom is -0.391 e. The van der Waals surface area contributed by atoms with Gasteiger partial charge in [0.05, 0.1) is 11.4 Å². The van der Waals surface area contributed by atoms with Gasteiger partial charge in [0.2, 0.25) is 0 Å². The lowest BCUT2D eigenvalue weighted by Crippen LogP contribution is -2.52. The summed E-state index contributed by atoms with van der Waals surface area (Å²) in [5, 5.41) is 14.9. The van der Waals surface area contributed by atoms with E-state index in [1.54, 1.807) is 0 Å². The number of piperidine rings is 1. The van der Waals surface area contributed by atoms with Crippen LogP contribution in [0.3, 0.4) is 0 Å². The Bertz CT molecular complexity index is 496. The Kier molecular flexibility index (Phi) is 6.55. The molecule has 3 fully saturated rings. The van der Waals surface area contributed by atoms with E-state index in [-0.39, 0.29) is 17.4 Å². The first-order valence-corrected chi connectivity index (χ1v) is 12.7. The van der Waals surface area contributed by atoms with Gasteiger partial charge in [-0.05, 0) is 69.5 Å². The first-order valence-electron chi connectivity index (χ1n) is 9.68. The van der Waals surface area contributed by atoms with Crippen LogP contribution in [0.4, 0.5) is 0 Å². The predicted octanol–water partition coefficient (Wildman–Crippen LogP) is 2.75. The summed E-state index contributed by atoms with van der Waals surface area (Å²) in [6.07, 6.45) is 11.7. The summed E-state index contributed by atoms with van der Waals surface area (Å²) >= 11 is 2.02. The highest BCUT2D eigenvalue weighted by atomic mass is 32.2. The van der Waals surface area contributed by atoms with Crippen molar-refractivity contribution in [1.82, 2.24) is 5.32 Å². The molecule has 0 aromatic rings. The largest absolute Gasteiger partial charge is 0.391 e. The lowest BCUT2D eigenvalue weighted by molar-refractivity contribution is 0.0790. The van der Waals surface area contributed by atoms with Crippen LogP contribution < -0.4 is 5.32 Å². The Morgan fingerprint density at radius 2 is 1.83 bits per heavy atom. The smallest absolute Gasteiger partial charge is 0.150 e. The van der Waals surface area contributed by atoms with Crippen molar-refractivity contribution in [1.29, 1.82) is 0 Å². The number of nitrogens with one attached hydrogen (secondary N) is 1. The van der Waals surface area contributed by atoms with E-state index in [0.29, 0.717) is 17.2 Å². The second-order valence-electron chi connectivity index (χ2n) is 8.11. The third-order valence-corrected chi connectivity index (χ3v) is 9.45. The summed E-state index contributed by atoms with van der Waals surface area (Å²) in [6.45, 7) is 0. The third-order valence-electron chi connectivity index (χ3n) is 6.34. The van der Waals surface area contributed by atoms with Crippen molar-refractivity contribution in [2.45, 2.75) is 92.9 Å². The topological polar surface area (TPSA) is 66.4 Å². The average molecular weight is 376 g/mol. The molecular formula is C18H33NO3S2. The summed E-state index contributed by atoms with van der Waals surface area (Å²) in [5.41, 5.74) is 0. The van der Waals surface area contributed by atoms with Crippen LogP contribution in [0.25, 0.3) is 0 Å². The van der Waals surface area contributed by atoms with Gasteiger partial charge in [-0.1, -0.05) is 6.42 Å². The molecule has 3 aliphatic rings. The molecule has 4 nitrogen and oxygen atoms in total. The van der Waals surface area contributed by atoms with E-state index in [2.05, 4.69) is 5.32 Å². The Morgan fingerprint density at radius 3 is 2.46 bits per heavy atom. The molecule has 0 radical (unpaired) electrons. The maximum atomic E-state index is 11.7. The van der Waals surface area contributed by atoms with Crippen molar-refractivity contribution in [3.05, 3.63) is 0 Å². The molecular weight excluding hydrogens is 342 g/mol. The van der Waals surface area contributed by atoms with Crippen LogP contribution in [0.5, 0.6) is 0 Å². The Morgan fingerprint density at radius 1 is 1.08 bits per heavy atom. The van der Waals surface area contributed by atoms with E-state index < -0.39 is 9.84 Å². The number of aliphatic hydroxyl groups is 1. The maximum Gasteiger partial charge on any atom is 0.150 e. The number of rotatable bonds is 5. The van der Waals surface area contributed by atoms with Gasteiger partial charge in [0, 0.05) is 23.6 Å². The monoisotopic (exact) mass is 375 g/mol. The number of hydrogen-bond donors (Lipinski definition) is 2. The number of sulfone groups is 1. The normalized spacial score (nSPS) is 39.7. The molecule has 2 N–H and O–H groups in total. The number of thioether (sulfide) groups is 1. The molecule has 2 heterocycles. The molecule has 0 aromatic carbocycles. The van der Waals surface area contributed by atoms with Crippen molar-refractivity contribution in [3.8, 4) is 0 Å². The second-order valence-corrected chi connectivity index (χ2v) is 11.8. The van der Waals surface area contributed by atoms with Crippen molar-refractivity contribution < 1.29 is 13.5 Å². The molecule has 1 saturated carbocycles. The van der Waals surface area contributed by atoms with Crippen LogP contribution in [-0.4, -0.2) is 54.2 Å². The van der Waals surface area contributed by atoms with E-state index in [0.717, 1.165) is 38.5 Å². The molecule has 0 amide bonds. The molecule has 4 atom stereocenters. The minimum atomic E-state index is -2.88. The molecule has 0 bridgehead atoms. The van der Waals surface area contributed by atoms with Crippen molar-refractivity contribution in [2.24, 2.45) is 5.92 Å². The number of hydrogen-bond acceptors (Lipinski definition) is 5. The third kappa shape index (κ3) is 4.89. The fourth-order valence-corrected chi connectivity index (χ4v) is 7.32. The Labute approximate surface area is 151 Å². The van der Waals surface area contributed by atoms with Gasteiger partial charge in [0.1, 0.15) is 9.84 Å². The first-order chi connectivity index (χ1) is 11.4. The van der Waals surface area contributed by atoms with Gasteiger partial charge in [-0.25, -0.2) is 8.42 Å². The zero-order valence-electron chi connectivity index (χ0n) is 14.8. The predicted molar refractivity (Wildman–Crippen MR) is 101 cm³/mol. The quantitative estimate of drug-likeness (QED) is 0.773. The molecule has 1 aliphatic carbocycles. The van der Waals surface area contributed by atoms with Crippen LogP contribution >= 0.6 is 11.8 Å². The van der Waals surface area contributed by atoms with Gasteiger partial charge < -0.3 is 10.4 Å². The molecule has 0 aromatic heterocycles. The van der Waals surface area contributed by atoms with Crippen molar-refractivity contribution in [2.75, 3.05) is 12.0 Å². The van der Waals surface area contributed by atoms with Crippen LogP contribution in [-0.2, 0) is 9.84 Å². The van der Waals surface area contributed by atoms with Crippen LogP contribution in [0.2, 0.25) is 0 Å². The summed E-state index contributed by atoms with van der Waals surface area (Å²) in [7, 11) is -2.88. The van der Waals surface area contributed by atoms with Gasteiger partial charge in [-0.2, -0.15) is 11.8 Å². The first kappa shape index (κ1) is 19.0. The molecule has 6 heteroatoms. The highest BCUT2D eigenvalue weighted by Gasteiger charge is 2.36. The molecule has 2 saturated heterocycles. The average Bonchev–Trinajstić information content (AvgIpc) is 3.07. The molecule has 140 valence electrons. The van der Waals surface area contributed by atoms with Crippen molar-refractivity contribution in [3.63, 3.8) is 0 Å².